The first-order valence-electron chi connectivity index (χ1n) is 10.2. The van der Waals surface area contributed by atoms with Crippen LogP contribution in [0.3, 0.4) is 0 Å². The van der Waals surface area contributed by atoms with Crippen molar-refractivity contribution in [3.8, 4) is 16.9 Å². The molecule has 0 unspecified atom stereocenters. The lowest BCUT2D eigenvalue weighted by Crippen LogP contribution is -2.08. The van der Waals surface area contributed by atoms with Crippen molar-refractivity contribution >= 4 is 34.1 Å². The highest BCUT2D eigenvalue weighted by Crippen LogP contribution is 2.47. The number of hydrogen-bond donors (Lipinski definition) is 0. The Morgan fingerprint density at radius 3 is 2.77 bits per heavy atom. The molecule has 1 aliphatic carbocycles. The van der Waals surface area contributed by atoms with Crippen LogP contribution in [-0.2, 0) is 19.3 Å². The molecule has 6 rings (SSSR count). The van der Waals surface area contributed by atoms with E-state index in [2.05, 4.69) is 10.1 Å². The molecule has 0 saturated heterocycles. The first-order chi connectivity index (χ1) is 14.7. The van der Waals surface area contributed by atoms with E-state index in [-0.39, 0.29) is 6.10 Å². The second kappa shape index (κ2) is 7.00. The van der Waals surface area contributed by atoms with Crippen molar-refractivity contribution < 1.29 is 9.26 Å². The molecule has 0 amide bonds. The van der Waals surface area contributed by atoms with Gasteiger partial charge in [0.25, 0.3) is 0 Å². The highest BCUT2D eigenvalue weighted by Gasteiger charge is 2.34. The number of aromatic nitrogens is 2. The third-order valence-corrected chi connectivity index (χ3v) is 6.53. The highest BCUT2D eigenvalue weighted by atomic mass is 35.5. The lowest BCUT2D eigenvalue weighted by atomic mass is 9.93. The molecular formula is C24H18Cl2N2O2. The van der Waals surface area contributed by atoms with E-state index in [0.717, 1.165) is 64.1 Å². The molecule has 0 N–H and O–H groups in total. The predicted molar refractivity (Wildman–Crippen MR) is 117 cm³/mol. The number of ether oxygens (including phenoxy) is 1. The van der Waals surface area contributed by atoms with Crippen molar-refractivity contribution in [3.63, 3.8) is 0 Å². The summed E-state index contributed by atoms with van der Waals surface area (Å²) in [5.41, 5.74) is 6.23. The molecule has 6 heteroatoms. The van der Waals surface area contributed by atoms with Gasteiger partial charge in [0.2, 0.25) is 0 Å². The van der Waals surface area contributed by atoms with Crippen LogP contribution in [0.4, 0.5) is 0 Å². The van der Waals surface area contributed by atoms with Gasteiger partial charge in [-0.25, -0.2) is 0 Å². The summed E-state index contributed by atoms with van der Waals surface area (Å²) in [6, 6.07) is 11.7. The number of pyridine rings is 1. The molecule has 150 valence electrons. The minimum atomic E-state index is -0.172. The molecule has 0 saturated carbocycles. The van der Waals surface area contributed by atoms with Gasteiger partial charge in [0, 0.05) is 44.7 Å². The zero-order valence-electron chi connectivity index (χ0n) is 16.1. The summed E-state index contributed by atoms with van der Waals surface area (Å²) in [6.07, 6.45) is 6.68. The van der Waals surface area contributed by atoms with Gasteiger partial charge in [0.1, 0.15) is 5.75 Å². The molecule has 4 aromatic rings. The topological polar surface area (TPSA) is 48.2 Å². The summed E-state index contributed by atoms with van der Waals surface area (Å²) >= 11 is 12.7. The largest absolute Gasteiger partial charge is 0.481 e. The average Bonchev–Trinajstić information content (AvgIpc) is 3.36. The molecule has 1 aliphatic heterocycles. The van der Waals surface area contributed by atoms with E-state index in [0.29, 0.717) is 10.0 Å². The molecule has 0 bridgehead atoms. The first-order valence-corrected chi connectivity index (χ1v) is 10.9. The number of hydrogen-bond acceptors (Lipinski definition) is 4. The molecule has 0 fully saturated rings. The van der Waals surface area contributed by atoms with Crippen LogP contribution in [0.15, 0.2) is 47.1 Å². The van der Waals surface area contributed by atoms with Gasteiger partial charge in [-0.15, -0.1) is 0 Å². The van der Waals surface area contributed by atoms with Crippen LogP contribution < -0.4 is 4.74 Å². The number of benzene rings is 2. The third kappa shape index (κ3) is 2.90. The molecule has 3 heterocycles. The van der Waals surface area contributed by atoms with Crippen LogP contribution >= 0.6 is 23.2 Å². The van der Waals surface area contributed by atoms with E-state index in [4.69, 9.17) is 32.5 Å². The van der Waals surface area contributed by atoms with Crippen LogP contribution in [-0.4, -0.2) is 10.1 Å². The van der Waals surface area contributed by atoms with Crippen LogP contribution in [0.1, 0.15) is 41.5 Å². The minimum absolute atomic E-state index is 0.172. The van der Waals surface area contributed by atoms with E-state index < -0.39 is 0 Å². The summed E-state index contributed by atoms with van der Waals surface area (Å²) < 4.78 is 12.3. The molecule has 1 atom stereocenters. The Labute approximate surface area is 183 Å². The molecule has 0 spiro atoms. The van der Waals surface area contributed by atoms with Crippen molar-refractivity contribution in [2.45, 2.75) is 38.2 Å². The molecule has 2 aliphatic rings. The summed E-state index contributed by atoms with van der Waals surface area (Å²) in [7, 11) is 0. The summed E-state index contributed by atoms with van der Waals surface area (Å²) in [5, 5.41) is 6.67. The van der Waals surface area contributed by atoms with Crippen LogP contribution in [0.2, 0.25) is 10.0 Å². The van der Waals surface area contributed by atoms with E-state index in [1.165, 1.54) is 18.4 Å². The van der Waals surface area contributed by atoms with Crippen LogP contribution in [0.25, 0.3) is 22.0 Å². The van der Waals surface area contributed by atoms with Gasteiger partial charge in [0.15, 0.2) is 11.9 Å². The van der Waals surface area contributed by atoms with Gasteiger partial charge in [-0.1, -0.05) is 34.4 Å². The lowest BCUT2D eigenvalue weighted by Gasteiger charge is -2.15. The van der Waals surface area contributed by atoms with Gasteiger partial charge in [0.05, 0.1) is 11.2 Å². The van der Waals surface area contributed by atoms with Crippen molar-refractivity contribution in [1.82, 2.24) is 10.1 Å². The highest BCUT2D eigenvalue weighted by molar-refractivity contribution is 6.31. The normalized spacial score (nSPS) is 17.6. The molecule has 30 heavy (non-hydrogen) atoms. The number of rotatable bonds is 2. The molecule has 2 aromatic heterocycles. The van der Waals surface area contributed by atoms with E-state index >= 15 is 0 Å². The van der Waals surface area contributed by atoms with E-state index in [1.807, 2.05) is 36.4 Å². The Bertz CT molecular complexity index is 1300. The summed E-state index contributed by atoms with van der Waals surface area (Å²) in [4.78, 5) is 4.47. The predicted octanol–water partition coefficient (Wildman–Crippen LogP) is 6.75. The fraction of sp³-hybridized carbons (Fsp3) is 0.250. The second-order valence-electron chi connectivity index (χ2n) is 7.95. The third-order valence-electron chi connectivity index (χ3n) is 6.07. The standard InChI is InChI=1S/C24H18Cl2N2O2/c25-14-5-6-17-16(7-8-27-21(17)12-14)19-11-15(26)9-13-10-22(29-23(13)19)24-18-3-1-2-4-20(18)28-30-24/h5-9,11-12,22H,1-4,10H2/t22-/m1/s1. The maximum atomic E-state index is 6.51. The van der Waals surface area contributed by atoms with E-state index in [9.17, 15) is 0 Å². The molecule has 4 nitrogen and oxygen atoms in total. The Morgan fingerprint density at radius 1 is 0.933 bits per heavy atom. The minimum Gasteiger partial charge on any atom is -0.481 e. The Kier molecular flexibility index (Phi) is 4.25. The quantitative estimate of drug-likeness (QED) is 0.348. The van der Waals surface area contributed by atoms with Crippen molar-refractivity contribution in [3.05, 3.63) is 75.2 Å². The zero-order valence-corrected chi connectivity index (χ0v) is 17.6. The van der Waals surface area contributed by atoms with Gasteiger partial charge in [-0.3, -0.25) is 4.98 Å². The SMILES string of the molecule is Clc1cc2c(c(-c3ccnc4cc(Cl)ccc34)c1)O[C@@H](c1onc3c1CCCC3)C2. The molecular weight excluding hydrogens is 419 g/mol. The summed E-state index contributed by atoms with van der Waals surface area (Å²) in [6.45, 7) is 0. The Morgan fingerprint density at radius 2 is 1.83 bits per heavy atom. The Hall–Kier alpha value is -2.56. The smallest absolute Gasteiger partial charge is 0.181 e. The maximum Gasteiger partial charge on any atom is 0.181 e. The maximum absolute atomic E-state index is 6.51. The van der Waals surface area contributed by atoms with Gasteiger partial charge >= 0.3 is 0 Å². The van der Waals surface area contributed by atoms with Crippen LogP contribution in [0.5, 0.6) is 5.75 Å². The Balaban J connectivity index is 1.46. The fourth-order valence-electron chi connectivity index (χ4n) is 4.69. The lowest BCUT2D eigenvalue weighted by molar-refractivity contribution is 0.189. The monoisotopic (exact) mass is 436 g/mol. The number of nitrogens with zero attached hydrogens (tertiary/aromatic N) is 2. The van der Waals surface area contributed by atoms with Crippen molar-refractivity contribution in [2.75, 3.05) is 0 Å². The van der Waals surface area contributed by atoms with Crippen molar-refractivity contribution in [1.29, 1.82) is 0 Å². The molecule has 0 radical (unpaired) electrons. The first kappa shape index (κ1) is 18.2. The number of aryl methyl sites for hydroxylation is 1. The van der Waals surface area contributed by atoms with Crippen LogP contribution in [0, 0.1) is 0 Å². The fourth-order valence-corrected chi connectivity index (χ4v) is 5.10. The van der Waals surface area contributed by atoms with Gasteiger partial charge in [-0.05, 0) is 61.6 Å². The van der Waals surface area contributed by atoms with Gasteiger partial charge < -0.3 is 9.26 Å². The second-order valence-corrected chi connectivity index (χ2v) is 8.82. The van der Waals surface area contributed by atoms with E-state index in [1.54, 1.807) is 6.20 Å². The number of fused-ring (bicyclic) bond motifs is 3. The average molecular weight is 437 g/mol. The summed E-state index contributed by atoms with van der Waals surface area (Å²) in [5.74, 6) is 1.72. The van der Waals surface area contributed by atoms with Crippen molar-refractivity contribution in [2.24, 2.45) is 0 Å². The molecule has 2 aromatic carbocycles. The zero-order chi connectivity index (χ0) is 20.2. The number of halogens is 2. The van der Waals surface area contributed by atoms with Gasteiger partial charge in [-0.2, -0.15) is 0 Å².